The van der Waals surface area contributed by atoms with Gasteiger partial charge in [-0.1, -0.05) is 52.3 Å². The van der Waals surface area contributed by atoms with Gasteiger partial charge in [0.2, 0.25) is 0 Å². The first kappa shape index (κ1) is 23.5. The average molecular weight is 480 g/mol. The molecule has 5 aliphatic rings. The Bertz CT molecular complexity index is 1120. The minimum absolute atomic E-state index is 0.0554. The van der Waals surface area contributed by atoms with Crippen LogP contribution < -0.4 is 0 Å². The Morgan fingerprint density at radius 2 is 1.80 bits per heavy atom. The maximum atomic E-state index is 14.3. The van der Waals surface area contributed by atoms with E-state index in [0.717, 1.165) is 57.1 Å². The molecule has 35 heavy (non-hydrogen) atoms. The number of nitrogens with zero attached hydrogens (tertiary/aromatic N) is 1. The molecule has 1 aromatic rings. The molecule has 0 bridgehead atoms. The van der Waals surface area contributed by atoms with E-state index in [9.17, 15) is 9.59 Å². The van der Waals surface area contributed by atoms with Gasteiger partial charge in [-0.05, 0) is 85.0 Å². The monoisotopic (exact) mass is 479 g/mol. The summed E-state index contributed by atoms with van der Waals surface area (Å²) < 4.78 is 11.6. The van der Waals surface area contributed by atoms with Crippen LogP contribution >= 0.6 is 0 Å². The summed E-state index contributed by atoms with van der Waals surface area (Å²) >= 11 is 0. The van der Waals surface area contributed by atoms with E-state index in [2.05, 4.69) is 52.8 Å². The minimum atomic E-state index is -0.489. The van der Waals surface area contributed by atoms with Crippen molar-refractivity contribution in [3.63, 3.8) is 0 Å². The van der Waals surface area contributed by atoms with Gasteiger partial charge in [0.25, 0.3) is 6.47 Å². The number of hydrogen-bond donors (Lipinski definition) is 0. The molecule has 5 nitrogen and oxygen atoms in total. The molecule has 0 N–H and O–H groups in total. The number of carbonyl (C=O) groups excluding carboxylic acids is 2. The van der Waals surface area contributed by atoms with E-state index in [-0.39, 0.29) is 39.3 Å². The maximum Gasteiger partial charge on any atom is 0.293 e. The number of ether oxygens (including phenoxy) is 1. The lowest BCUT2D eigenvalue weighted by atomic mass is 9.36. The Morgan fingerprint density at radius 1 is 1.06 bits per heavy atom. The summed E-state index contributed by atoms with van der Waals surface area (Å²) in [5.74, 6) is 2.05. The fourth-order valence-corrected chi connectivity index (χ4v) is 10.1. The standard InChI is InChI=1S/C30H41NO4/c1-18-20-7-8-28(5)23(27(20,4)14-19-16-31-35-25(18)19)13-22(33)24-21-15-26(2,3)9-11-30(21,34-17-32)12-10-29(24,28)6/h13,16-18,20-21,24H,7-12,14-15H2,1-6H3/t18-,20-,21?,24?,27-,28+,29+,30-/m0/s1. The molecule has 3 fully saturated rings. The molecule has 0 saturated heterocycles. The van der Waals surface area contributed by atoms with Crippen LogP contribution in [0, 0.1) is 39.4 Å². The quantitative estimate of drug-likeness (QED) is 0.458. The second-order valence-electron chi connectivity index (χ2n) is 14.2. The molecule has 190 valence electrons. The van der Waals surface area contributed by atoms with Crippen LogP contribution in [0.3, 0.4) is 0 Å². The molecule has 6 rings (SSSR count). The molecule has 1 heterocycles. The Kier molecular flexibility index (Phi) is 4.77. The third-order valence-corrected chi connectivity index (χ3v) is 12.2. The molecule has 1 aromatic heterocycles. The second kappa shape index (κ2) is 7.10. The van der Waals surface area contributed by atoms with Crippen molar-refractivity contribution in [3.05, 3.63) is 29.2 Å². The molecule has 5 aliphatic carbocycles. The number of hydrogen-bond acceptors (Lipinski definition) is 5. The number of allylic oxidation sites excluding steroid dienone is 2. The summed E-state index contributed by atoms with van der Waals surface area (Å²) in [5.41, 5.74) is 1.95. The molecule has 3 saturated carbocycles. The summed E-state index contributed by atoms with van der Waals surface area (Å²) in [4.78, 5) is 26.0. The summed E-state index contributed by atoms with van der Waals surface area (Å²) in [6.45, 7) is 14.8. The highest BCUT2D eigenvalue weighted by atomic mass is 16.5. The van der Waals surface area contributed by atoms with Gasteiger partial charge in [-0.3, -0.25) is 9.59 Å². The molecule has 0 spiro atoms. The summed E-state index contributed by atoms with van der Waals surface area (Å²) in [6.07, 6.45) is 11.7. The molecule has 8 atom stereocenters. The van der Waals surface area contributed by atoms with E-state index in [1.165, 1.54) is 11.1 Å². The zero-order valence-corrected chi connectivity index (χ0v) is 22.3. The van der Waals surface area contributed by atoms with Crippen LogP contribution in [-0.2, 0) is 20.7 Å². The molecule has 5 heteroatoms. The molecular weight excluding hydrogens is 438 g/mol. The van der Waals surface area contributed by atoms with E-state index < -0.39 is 5.60 Å². The van der Waals surface area contributed by atoms with Crippen LogP contribution in [0.15, 0.2) is 22.4 Å². The van der Waals surface area contributed by atoms with Crippen molar-refractivity contribution >= 4 is 12.3 Å². The highest BCUT2D eigenvalue weighted by molar-refractivity contribution is 5.95. The lowest BCUT2D eigenvalue weighted by Crippen LogP contribution is -2.66. The predicted octanol–water partition coefficient (Wildman–Crippen LogP) is 6.42. The van der Waals surface area contributed by atoms with Crippen molar-refractivity contribution < 1.29 is 18.8 Å². The van der Waals surface area contributed by atoms with Gasteiger partial charge in [-0.15, -0.1) is 0 Å². The number of ketones is 1. The predicted molar refractivity (Wildman–Crippen MR) is 132 cm³/mol. The molecule has 0 aliphatic heterocycles. The largest absolute Gasteiger partial charge is 0.461 e. The second-order valence-corrected chi connectivity index (χ2v) is 14.2. The van der Waals surface area contributed by atoms with Crippen molar-refractivity contribution in [3.8, 4) is 0 Å². The Labute approximate surface area is 209 Å². The van der Waals surface area contributed by atoms with Gasteiger partial charge < -0.3 is 9.26 Å². The van der Waals surface area contributed by atoms with Crippen molar-refractivity contribution in [2.45, 2.75) is 104 Å². The first-order chi connectivity index (χ1) is 16.4. The van der Waals surface area contributed by atoms with Crippen LogP contribution in [0.25, 0.3) is 0 Å². The lowest BCUT2D eigenvalue weighted by molar-refractivity contribution is -0.207. The van der Waals surface area contributed by atoms with Crippen LogP contribution in [0.1, 0.15) is 104 Å². The Hall–Kier alpha value is -1.91. The Morgan fingerprint density at radius 3 is 2.54 bits per heavy atom. The van der Waals surface area contributed by atoms with Crippen molar-refractivity contribution in [2.24, 2.45) is 39.4 Å². The topological polar surface area (TPSA) is 69.4 Å². The van der Waals surface area contributed by atoms with E-state index >= 15 is 0 Å². The van der Waals surface area contributed by atoms with Crippen LogP contribution in [0.4, 0.5) is 0 Å². The normalized spacial score (nSPS) is 47.8. The smallest absolute Gasteiger partial charge is 0.293 e. The van der Waals surface area contributed by atoms with E-state index in [0.29, 0.717) is 18.3 Å². The van der Waals surface area contributed by atoms with Crippen LogP contribution in [0.2, 0.25) is 0 Å². The Balaban J connectivity index is 1.49. The van der Waals surface area contributed by atoms with Crippen molar-refractivity contribution in [1.29, 1.82) is 0 Å². The fourth-order valence-electron chi connectivity index (χ4n) is 10.1. The molecule has 0 radical (unpaired) electrons. The maximum absolute atomic E-state index is 14.3. The van der Waals surface area contributed by atoms with E-state index in [4.69, 9.17) is 9.26 Å². The van der Waals surface area contributed by atoms with E-state index in [1.807, 2.05) is 6.20 Å². The van der Waals surface area contributed by atoms with Gasteiger partial charge >= 0.3 is 0 Å². The van der Waals surface area contributed by atoms with Gasteiger partial charge in [-0.2, -0.15) is 0 Å². The number of rotatable bonds is 2. The number of carbonyl (C=O) groups is 2. The fraction of sp³-hybridized carbons (Fsp3) is 0.767. The SMILES string of the molecule is C[C@@H]1c2oncc2C[C@]2(C)C3=CC(=O)C4C5CC(C)(C)CC[C@]5(OC=O)CC[C@@]4(C)[C@]3(C)CC[C@@H]12. The zero-order valence-electron chi connectivity index (χ0n) is 22.3. The highest BCUT2D eigenvalue weighted by Crippen LogP contribution is 2.73. The summed E-state index contributed by atoms with van der Waals surface area (Å²) in [6, 6.07) is 0. The molecule has 0 amide bonds. The molecule has 0 aromatic carbocycles. The van der Waals surface area contributed by atoms with Crippen LogP contribution in [0.5, 0.6) is 0 Å². The van der Waals surface area contributed by atoms with Crippen molar-refractivity contribution in [2.75, 3.05) is 0 Å². The van der Waals surface area contributed by atoms with Crippen molar-refractivity contribution in [1.82, 2.24) is 5.16 Å². The first-order valence-corrected chi connectivity index (χ1v) is 13.7. The molecular formula is C30H41NO4. The third-order valence-electron chi connectivity index (χ3n) is 12.2. The number of aromatic nitrogens is 1. The molecule has 2 unspecified atom stereocenters. The summed E-state index contributed by atoms with van der Waals surface area (Å²) in [5, 5.41) is 4.14. The van der Waals surface area contributed by atoms with Gasteiger partial charge in [0, 0.05) is 23.3 Å². The number of fused-ring (bicyclic) bond motifs is 8. The van der Waals surface area contributed by atoms with Gasteiger partial charge in [0.1, 0.15) is 11.4 Å². The minimum Gasteiger partial charge on any atom is -0.461 e. The summed E-state index contributed by atoms with van der Waals surface area (Å²) in [7, 11) is 0. The van der Waals surface area contributed by atoms with Crippen LogP contribution in [-0.4, -0.2) is 23.0 Å². The van der Waals surface area contributed by atoms with Gasteiger partial charge in [-0.25, -0.2) is 0 Å². The van der Waals surface area contributed by atoms with E-state index in [1.54, 1.807) is 0 Å². The van der Waals surface area contributed by atoms with Gasteiger partial charge in [0.15, 0.2) is 5.78 Å². The lowest BCUT2D eigenvalue weighted by Gasteiger charge is -2.68. The van der Waals surface area contributed by atoms with Gasteiger partial charge in [0.05, 0.1) is 6.20 Å². The first-order valence-electron chi connectivity index (χ1n) is 13.7. The average Bonchev–Trinajstić information content (AvgIpc) is 3.24. The third kappa shape index (κ3) is 2.84. The zero-order chi connectivity index (χ0) is 25.0. The highest BCUT2D eigenvalue weighted by Gasteiger charge is 2.69.